The zero-order valence-electron chi connectivity index (χ0n) is 16.4. The SMILES string of the molecule is COc1ccccc1/C=N\N=C1/NC(=O)[C@H](CC(=O)Nc2cccc(C)c2C)S1. The number of thioether (sulfide) groups is 1. The van der Waals surface area contributed by atoms with Crippen molar-refractivity contribution in [2.45, 2.75) is 25.5 Å². The van der Waals surface area contributed by atoms with E-state index in [0.717, 1.165) is 22.4 Å². The third kappa shape index (κ3) is 5.23. The van der Waals surface area contributed by atoms with Crippen molar-refractivity contribution in [3.63, 3.8) is 0 Å². The molecule has 1 aliphatic rings. The summed E-state index contributed by atoms with van der Waals surface area (Å²) in [7, 11) is 1.58. The number of hydrogen-bond donors (Lipinski definition) is 2. The van der Waals surface area contributed by atoms with Crippen LogP contribution in [0.3, 0.4) is 0 Å². The number of carbonyl (C=O) groups is 2. The number of methoxy groups -OCH3 is 1. The Labute approximate surface area is 173 Å². The van der Waals surface area contributed by atoms with Crippen LogP contribution in [0, 0.1) is 13.8 Å². The van der Waals surface area contributed by atoms with Crippen LogP contribution < -0.4 is 15.4 Å². The maximum absolute atomic E-state index is 12.4. The number of carbonyl (C=O) groups excluding carboxylic acids is 2. The molecule has 0 aromatic heterocycles. The van der Waals surface area contributed by atoms with E-state index in [-0.39, 0.29) is 18.2 Å². The van der Waals surface area contributed by atoms with Gasteiger partial charge in [-0.05, 0) is 43.2 Å². The third-order valence-corrected chi connectivity index (χ3v) is 5.58. The molecule has 0 unspecified atom stereocenters. The molecule has 0 bridgehead atoms. The molecule has 1 fully saturated rings. The van der Waals surface area contributed by atoms with Crippen molar-refractivity contribution >= 4 is 40.6 Å². The van der Waals surface area contributed by atoms with E-state index in [1.54, 1.807) is 13.3 Å². The summed E-state index contributed by atoms with van der Waals surface area (Å²) in [4.78, 5) is 24.5. The van der Waals surface area contributed by atoms with Crippen molar-refractivity contribution < 1.29 is 14.3 Å². The summed E-state index contributed by atoms with van der Waals surface area (Å²) in [5.41, 5.74) is 3.64. The second kappa shape index (κ2) is 9.38. The Morgan fingerprint density at radius 3 is 2.83 bits per heavy atom. The van der Waals surface area contributed by atoms with Crippen LogP contribution in [0.25, 0.3) is 0 Å². The lowest BCUT2D eigenvalue weighted by atomic mass is 10.1. The fourth-order valence-corrected chi connectivity index (χ4v) is 3.68. The standard InChI is InChI=1S/C21H22N4O3S/c1-13-7-6-9-16(14(13)2)23-19(26)11-18-20(27)24-21(29-18)25-22-12-15-8-4-5-10-17(15)28-3/h4-10,12,18H,11H2,1-3H3,(H,23,26)(H,24,25,27)/b22-12-/t18-/m0/s1. The first-order chi connectivity index (χ1) is 14.0. The molecular formula is C21H22N4O3S. The predicted molar refractivity (Wildman–Crippen MR) is 117 cm³/mol. The van der Waals surface area contributed by atoms with Crippen LogP contribution in [-0.2, 0) is 9.59 Å². The van der Waals surface area contributed by atoms with Gasteiger partial charge in [-0.15, -0.1) is 5.10 Å². The summed E-state index contributed by atoms with van der Waals surface area (Å²) in [6.07, 6.45) is 1.61. The zero-order chi connectivity index (χ0) is 20.8. The van der Waals surface area contributed by atoms with E-state index in [1.807, 2.05) is 56.3 Å². The number of amides is 2. The van der Waals surface area contributed by atoms with Gasteiger partial charge in [-0.3, -0.25) is 9.59 Å². The highest BCUT2D eigenvalue weighted by Crippen LogP contribution is 2.24. The molecule has 0 radical (unpaired) electrons. The number of para-hydroxylation sites is 1. The minimum atomic E-state index is -0.541. The fourth-order valence-electron chi connectivity index (χ4n) is 2.76. The normalized spacial score (nSPS) is 17.6. The lowest BCUT2D eigenvalue weighted by molar-refractivity contribution is -0.122. The van der Waals surface area contributed by atoms with Crippen LogP contribution in [0.4, 0.5) is 5.69 Å². The summed E-state index contributed by atoms with van der Waals surface area (Å²) >= 11 is 1.19. The first kappa shape index (κ1) is 20.6. The summed E-state index contributed by atoms with van der Waals surface area (Å²) in [5, 5.41) is 13.4. The van der Waals surface area contributed by atoms with Gasteiger partial charge in [0.1, 0.15) is 11.0 Å². The first-order valence-electron chi connectivity index (χ1n) is 9.05. The number of rotatable bonds is 6. The second-order valence-electron chi connectivity index (χ2n) is 6.49. The molecule has 1 saturated heterocycles. The molecule has 0 saturated carbocycles. The highest BCUT2D eigenvalue weighted by atomic mass is 32.2. The van der Waals surface area contributed by atoms with Crippen molar-refractivity contribution in [3.05, 3.63) is 59.2 Å². The van der Waals surface area contributed by atoms with Gasteiger partial charge in [0.05, 0.1) is 13.3 Å². The van der Waals surface area contributed by atoms with E-state index in [0.29, 0.717) is 10.9 Å². The predicted octanol–water partition coefficient (Wildman–Crippen LogP) is 3.26. The van der Waals surface area contributed by atoms with Gasteiger partial charge in [-0.2, -0.15) is 5.10 Å². The molecule has 1 aliphatic heterocycles. The van der Waals surface area contributed by atoms with Gasteiger partial charge in [-0.1, -0.05) is 36.0 Å². The quantitative estimate of drug-likeness (QED) is 0.565. The number of ether oxygens (including phenoxy) is 1. The summed E-state index contributed by atoms with van der Waals surface area (Å²) in [6, 6.07) is 13.1. The molecule has 1 atom stereocenters. The van der Waals surface area contributed by atoms with E-state index in [4.69, 9.17) is 4.74 Å². The Balaban J connectivity index is 1.59. The number of benzene rings is 2. The Kier molecular flexibility index (Phi) is 6.66. The minimum absolute atomic E-state index is 0.0547. The van der Waals surface area contributed by atoms with Gasteiger partial charge in [0.2, 0.25) is 11.8 Å². The van der Waals surface area contributed by atoms with E-state index in [9.17, 15) is 9.59 Å². The number of aryl methyl sites for hydroxylation is 1. The minimum Gasteiger partial charge on any atom is -0.496 e. The Morgan fingerprint density at radius 2 is 2.03 bits per heavy atom. The molecule has 3 rings (SSSR count). The maximum Gasteiger partial charge on any atom is 0.240 e. The van der Waals surface area contributed by atoms with Crippen molar-refractivity contribution in [3.8, 4) is 5.75 Å². The fraction of sp³-hybridized carbons (Fsp3) is 0.238. The lowest BCUT2D eigenvalue weighted by Gasteiger charge is -2.11. The van der Waals surface area contributed by atoms with Crippen molar-refractivity contribution in [1.82, 2.24) is 5.32 Å². The molecule has 0 aliphatic carbocycles. The molecule has 8 heteroatoms. The van der Waals surface area contributed by atoms with Gasteiger partial charge in [-0.25, -0.2) is 0 Å². The molecular weight excluding hydrogens is 388 g/mol. The molecule has 2 aromatic rings. The molecule has 2 amide bonds. The van der Waals surface area contributed by atoms with Gasteiger partial charge < -0.3 is 15.4 Å². The molecule has 29 heavy (non-hydrogen) atoms. The lowest BCUT2D eigenvalue weighted by Crippen LogP contribution is -2.28. The van der Waals surface area contributed by atoms with Gasteiger partial charge >= 0.3 is 0 Å². The number of amidine groups is 1. The van der Waals surface area contributed by atoms with Crippen molar-refractivity contribution in [2.24, 2.45) is 10.2 Å². The van der Waals surface area contributed by atoms with E-state index in [1.165, 1.54) is 11.8 Å². The van der Waals surface area contributed by atoms with E-state index >= 15 is 0 Å². The first-order valence-corrected chi connectivity index (χ1v) is 9.93. The summed E-state index contributed by atoms with van der Waals surface area (Å²) < 4.78 is 5.25. The number of anilines is 1. The summed E-state index contributed by atoms with van der Waals surface area (Å²) in [6.45, 7) is 3.94. The Hall–Kier alpha value is -3.13. The molecule has 7 nitrogen and oxygen atoms in total. The number of nitrogens with zero attached hydrogens (tertiary/aromatic N) is 2. The van der Waals surface area contributed by atoms with Gasteiger partial charge in [0.25, 0.3) is 0 Å². The third-order valence-electron chi connectivity index (χ3n) is 4.51. The van der Waals surface area contributed by atoms with Gasteiger partial charge in [0, 0.05) is 17.7 Å². The highest BCUT2D eigenvalue weighted by Gasteiger charge is 2.32. The van der Waals surface area contributed by atoms with Crippen molar-refractivity contribution in [2.75, 3.05) is 12.4 Å². The topological polar surface area (TPSA) is 92.2 Å². The monoisotopic (exact) mass is 410 g/mol. The molecule has 2 N–H and O–H groups in total. The second-order valence-corrected chi connectivity index (χ2v) is 7.68. The van der Waals surface area contributed by atoms with Crippen LogP contribution in [0.15, 0.2) is 52.7 Å². The Bertz CT molecular complexity index is 988. The van der Waals surface area contributed by atoms with Crippen LogP contribution in [0.2, 0.25) is 0 Å². The number of nitrogens with one attached hydrogen (secondary N) is 2. The van der Waals surface area contributed by atoms with E-state index < -0.39 is 5.25 Å². The zero-order valence-corrected chi connectivity index (χ0v) is 17.2. The molecule has 0 spiro atoms. The maximum atomic E-state index is 12.4. The van der Waals surface area contributed by atoms with Crippen LogP contribution >= 0.6 is 11.8 Å². The molecule has 1 heterocycles. The average molecular weight is 410 g/mol. The molecule has 150 valence electrons. The molecule has 2 aromatic carbocycles. The van der Waals surface area contributed by atoms with E-state index in [2.05, 4.69) is 20.8 Å². The van der Waals surface area contributed by atoms with Crippen LogP contribution in [0.5, 0.6) is 5.75 Å². The Morgan fingerprint density at radius 1 is 1.24 bits per heavy atom. The van der Waals surface area contributed by atoms with Gasteiger partial charge in [0.15, 0.2) is 5.17 Å². The largest absolute Gasteiger partial charge is 0.496 e. The van der Waals surface area contributed by atoms with Crippen LogP contribution in [0.1, 0.15) is 23.1 Å². The van der Waals surface area contributed by atoms with Crippen LogP contribution in [-0.4, -0.2) is 35.6 Å². The highest BCUT2D eigenvalue weighted by molar-refractivity contribution is 8.15. The average Bonchev–Trinajstić information content (AvgIpc) is 3.05. The smallest absolute Gasteiger partial charge is 0.240 e. The number of hydrogen-bond acceptors (Lipinski definition) is 6. The van der Waals surface area contributed by atoms with Crippen molar-refractivity contribution in [1.29, 1.82) is 0 Å². The summed E-state index contributed by atoms with van der Waals surface area (Å²) in [5.74, 6) is 0.211.